The first-order valence-electron chi connectivity index (χ1n) is 7.78. The van der Waals surface area contributed by atoms with E-state index in [-0.39, 0.29) is 24.2 Å². The van der Waals surface area contributed by atoms with Crippen molar-refractivity contribution in [2.45, 2.75) is 45.9 Å². The maximum atomic E-state index is 12.5. The highest BCUT2D eigenvalue weighted by molar-refractivity contribution is 6.02. The molecule has 1 amide bonds. The van der Waals surface area contributed by atoms with E-state index in [4.69, 9.17) is 4.74 Å². The molecule has 23 heavy (non-hydrogen) atoms. The number of hydrogen-bond acceptors (Lipinski definition) is 3. The molecule has 1 aromatic rings. The van der Waals surface area contributed by atoms with Crippen molar-refractivity contribution in [1.29, 1.82) is 0 Å². The van der Waals surface area contributed by atoms with Crippen LogP contribution in [0.3, 0.4) is 0 Å². The first-order chi connectivity index (χ1) is 10.8. The van der Waals surface area contributed by atoms with Gasteiger partial charge in [0.2, 0.25) is 5.91 Å². The van der Waals surface area contributed by atoms with Crippen molar-refractivity contribution in [3.05, 3.63) is 59.2 Å². The molecule has 0 saturated heterocycles. The lowest BCUT2D eigenvalue weighted by Crippen LogP contribution is -2.55. The number of amides is 1. The number of ether oxygens (including phenoxy) is 1. The second-order valence-corrected chi connectivity index (χ2v) is 6.12. The molecule has 2 rings (SSSR count). The standard InChI is InChI=1S/C19H23NO3/c1-13(2)23-19(14(3)10-17(21)11-15(19)4)20-18(22)12-16-8-6-5-7-9-16/h5-11,13H,12H2,1-4H3,(H,20,22). The van der Waals surface area contributed by atoms with Crippen molar-refractivity contribution in [3.8, 4) is 0 Å². The monoisotopic (exact) mass is 313 g/mol. The van der Waals surface area contributed by atoms with Crippen LogP contribution in [0.1, 0.15) is 33.3 Å². The predicted molar refractivity (Wildman–Crippen MR) is 89.8 cm³/mol. The molecule has 0 unspecified atom stereocenters. The van der Waals surface area contributed by atoms with Crippen LogP contribution < -0.4 is 5.32 Å². The fraction of sp³-hybridized carbons (Fsp3) is 0.368. The second-order valence-electron chi connectivity index (χ2n) is 6.12. The van der Waals surface area contributed by atoms with Crippen LogP contribution in [0.25, 0.3) is 0 Å². The SMILES string of the molecule is CC1=CC(=O)C=C(C)C1(NC(=O)Cc1ccccc1)OC(C)C. The van der Waals surface area contributed by atoms with Gasteiger partial charge in [-0.1, -0.05) is 30.3 Å². The minimum Gasteiger partial charge on any atom is -0.345 e. The van der Waals surface area contributed by atoms with E-state index in [9.17, 15) is 9.59 Å². The molecule has 1 aromatic carbocycles. The Morgan fingerprint density at radius 1 is 1.13 bits per heavy atom. The number of carbonyl (C=O) groups is 2. The molecule has 4 nitrogen and oxygen atoms in total. The fourth-order valence-electron chi connectivity index (χ4n) is 2.77. The van der Waals surface area contributed by atoms with E-state index in [1.807, 2.05) is 44.2 Å². The van der Waals surface area contributed by atoms with Crippen LogP contribution in [0, 0.1) is 0 Å². The summed E-state index contributed by atoms with van der Waals surface area (Å²) in [6.45, 7) is 7.42. The third-order valence-corrected chi connectivity index (χ3v) is 3.76. The highest BCUT2D eigenvalue weighted by Crippen LogP contribution is 2.32. The van der Waals surface area contributed by atoms with Gasteiger partial charge in [0.05, 0.1) is 12.5 Å². The highest BCUT2D eigenvalue weighted by Gasteiger charge is 2.40. The fourth-order valence-corrected chi connectivity index (χ4v) is 2.77. The van der Waals surface area contributed by atoms with Crippen LogP contribution in [-0.2, 0) is 20.7 Å². The van der Waals surface area contributed by atoms with E-state index < -0.39 is 5.72 Å². The minimum absolute atomic E-state index is 0.0831. The van der Waals surface area contributed by atoms with Crippen LogP contribution in [0.2, 0.25) is 0 Å². The summed E-state index contributed by atoms with van der Waals surface area (Å²) in [7, 11) is 0. The Labute approximate surface area is 137 Å². The molecule has 0 fully saturated rings. The quantitative estimate of drug-likeness (QED) is 0.850. The van der Waals surface area contributed by atoms with Crippen LogP contribution in [0.5, 0.6) is 0 Å². The van der Waals surface area contributed by atoms with Crippen molar-refractivity contribution in [2.24, 2.45) is 0 Å². The summed E-state index contributed by atoms with van der Waals surface area (Å²) in [5.41, 5.74) is 1.27. The number of rotatable bonds is 5. The summed E-state index contributed by atoms with van der Waals surface area (Å²) in [5.74, 6) is -0.230. The van der Waals surface area contributed by atoms with Gasteiger partial charge >= 0.3 is 0 Å². The Morgan fingerprint density at radius 2 is 1.70 bits per heavy atom. The predicted octanol–water partition coefficient (Wildman–Crippen LogP) is 2.94. The average Bonchev–Trinajstić information content (AvgIpc) is 2.45. The molecule has 1 aliphatic carbocycles. The molecule has 0 saturated carbocycles. The smallest absolute Gasteiger partial charge is 0.227 e. The molecule has 4 heteroatoms. The largest absolute Gasteiger partial charge is 0.345 e. The third kappa shape index (κ3) is 3.96. The first-order valence-corrected chi connectivity index (χ1v) is 7.78. The van der Waals surface area contributed by atoms with Gasteiger partial charge in [0.1, 0.15) is 0 Å². The summed E-state index contributed by atoms with van der Waals surface area (Å²) in [6, 6.07) is 9.53. The Bertz CT molecular complexity index is 634. The van der Waals surface area contributed by atoms with Gasteiger partial charge in [0, 0.05) is 0 Å². The molecule has 0 spiro atoms. The average molecular weight is 313 g/mol. The Kier molecular flexibility index (Phi) is 5.16. The molecule has 0 bridgehead atoms. The second kappa shape index (κ2) is 6.92. The van der Waals surface area contributed by atoms with Crippen LogP contribution in [0.4, 0.5) is 0 Å². The van der Waals surface area contributed by atoms with Gasteiger partial charge in [-0.05, 0) is 56.6 Å². The van der Waals surface area contributed by atoms with Gasteiger partial charge in [-0.3, -0.25) is 9.59 Å². The molecular formula is C19H23NO3. The van der Waals surface area contributed by atoms with E-state index >= 15 is 0 Å². The van der Waals surface area contributed by atoms with Gasteiger partial charge in [-0.2, -0.15) is 0 Å². The van der Waals surface area contributed by atoms with Crippen molar-refractivity contribution in [1.82, 2.24) is 5.32 Å². The number of benzene rings is 1. The minimum atomic E-state index is -1.05. The topological polar surface area (TPSA) is 55.4 Å². The zero-order valence-corrected chi connectivity index (χ0v) is 14.1. The third-order valence-electron chi connectivity index (χ3n) is 3.76. The van der Waals surface area contributed by atoms with Crippen molar-refractivity contribution in [2.75, 3.05) is 0 Å². The summed E-state index contributed by atoms with van der Waals surface area (Å²) in [4.78, 5) is 24.2. The number of ketones is 1. The van der Waals surface area contributed by atoms with Gasteiger partial charge in [0.15, 0.2) is 11.5 Å². The molecule has 1 aliphatic rings. The zero-order chi connectivity index (χ0) is 17.0. The van der Waals surface area contributed by atoms with Crippen LogP contribution in [-0.4, -0.2) is 23.5 Å². The maximum Gasteiger partial charge on any atom is 0.227 e. The van der Waals surface area contributed by atoms with Crippen molar-refractivity contribution >= 4 is 11.7 Å². The lowest BCUT2D eigenvalue weighted by molar-refractivity contribution is -0.131. The van der Waals surface area contributed by atoms with E-state index in [1.54, 1.807) is 13.8 Å². The van der Waals surface area contributed by atoms with Crippen LogP contribution in [0.15, 0.2) is 53.6 Å². The molecule has 0 aliphatic heterocycles. The van der Waals surface area contributed by atoms with E-state index in [1.165, 1.54) is 12.2 Å². The molecule has 0 radical (unpaired) electrons. The van der Waals surface area contributed by atoms with E-state index in [0.29, 0.717) is 11.1 Å². The molecule has 0 aromatic heterocycles. The van der Waals surface area contributed by atoms with Gasteiger partial charge < -0.3 is 10.1 Å². The number of hydrogen-bond donors (Lipinski definition) is 1. The molecule has 1 N–H and O–H groups in total. The Morgan fingerprint density at radius 3 is 2.22 bits per heavy atom. The summed E-state index contributed by atoms with van der Waals surface area (Å²) >= 11 is 0. The summed E-state index contributed by atoms with van der Waals surface area (Å²) in [6.07, 6.45) is 3.18. The molecular weight excluding hydrogens is 290 g/mol. The maximum absolute atomic E-state index is 12.5. The number of carbonyl (C=O) groups excluding carboxylic acids is 2. The van der Waals surface area contributed by atoms with Crippen molar-refractivity contribution < 1.29 is 14.3 Å². The first kappa shape index (κ1) is 17.2. The van der Waals surface area contributed by atoms with E-state index in [0.717, 1.165) is 5.56 Å². The van der Waals surface area contributed by atoms with Crippen LogP contribution >= 0.6 is 0 Å². The Hall–Kier alpha value is -2.20. The lowest BCUT2D eigenvalue weighted by atomic mass is 9.89. The molecule has 122 valence electrons. The van der Waals surface area contributed by atoms with E-state index in [2.05, 4.69) is 5.32 Å². The Balaban J connectivity index is 2.26. The zero-order valence-electron chi connectivity index (χ0n) is 14.1. The van der Waals surface area contributed by atoms with Gasteiger partial charge in [-0.15, -0.1) is 0 Å². The molecule has 0 atom stereocenters. The van der Waals surface area contributed by atoms with Gasteiger partial charge in [-0.25, -0.2) is 0 Å². The lowest BCUT2D eigenvalue weighted by Gasteiger charge is -2.39. The van der Waals surface area contributed by atoms with Gasteiger partial charge in [0.25, 0.3) is 0 Å². The summed E-state index contributed by atoms with van der Waals surface area (Å²) < 4.78 is 6.04. The number of allylic oxidation sites excluding steroid dienone is 2. The normalized spacial score (nSPS) is 16.8. The summed E-state index contributed by atoms with van der Waals surface area (Å²) in [5, 5.41) is 2.98. The van der Waals surface area contributed by atoms with Crippen molar-refractivity contribution in [3.63, 3.8) is 0 Å². The highest BCUT2D eigenvalue weighted by atomic mass is 16.5. The molecule has 0 heterocycles. The number of nitrogens with one attached hydrogen (secondary N) is 1.